The highest BCUT2D eigenvalue weighted by molar-refractivity contribution is 7.98. The van der Waals surface area contributed by atoms with E-state index in [4.69, 9.17) is 0 Å². The van der Waals surface area contributed by atoms with Crippen molar-refractivity contribution in [2.75, 3.05) is 12.0 Å². The molecule has 1 unspecified atom stereocenters. The van der Waals surface area contributed by atoms with Crippen molar-refractivity contribution >= 4 is 29.4 Å². The average Bonchev–Trinajstić information content (AvgIpc) is 2.75. The summed E-state index contributed by atoms with van der Waals surface area (Å²) in [5.74, 6) is -0.994. The third kappa shape index (κ3) is 3.21. The van der Waals surface area contributed by atoms with Crippen molar-refractivity contribution < 1.29 is 19.5 Å². The molecule has 0 aromatic rings. The molecule has 1 heterocycles. The van der Waals surface area contributed by atoms with E-state index in [2.05, 4.69) is 0 Å². The van der Waals surface area contributed by atoms with Crippen molar-refractivity contribution in [3.05, 3.63) is 11.3 Å². The first-order valence-corrected chi connectivity index (χ1v) is 9.18. The first-order chi connectivity index (χ1) is 10.5. The monoisotopic (exact) mass is 325 g/mol. The molecule has 5 nitrogen and oxygen atoms in total. The number of imide groups is 1. The number of nitrogens with zero attached hydrogens (tertiary/aromatic N) is 1. The van der Waals surface area contributed by atoms with E-state index in [9.17, 15) is 19.5 Å². The summed E-state index contributed by atoms with van der Waals surface area (Å²) in [6.45, 7) is 1.25. The molecule has 0 aromatic carbocycles. The summed E-state index contributed by atoms with van der Waals surface area (Å²) < 4.78 is 0. The van der Waals surface area contributed by atoms with Crippen LogP contribution < -0.4 is 0 Å². The van der Waals surface area contributed by atoms with Gasteiger partial charge in [0.1, 0.15) is 11.3 Å². The van der Waals surface area contributed by atoms with Gasteiger partial charge in [0.15, 0.2) is 5.78 Å². The Bertz CT molecular complexity index is 508. The van der Waals surface area contributed by atoms with Gasteiger partial charge in [0.25, 0.3) is 5.91 Å². The zero-order chi connectivity index (χ0) is 16.3. The second-order valence-electron chi connectivity index (χ2n) is 5.96. The Morgan fingerprint density at radius 3 is 2.45 bits per heavy atom. The summed E-state index contributed by atoms with van der Waals surface area (Å²) >= 11 is 1.58. The van der Waals surface area contributed by atoms with Crippen LogP contribution in [0.2, 0.25) is 0 Å². The molecule has 1 aliphatic carbocycles. The van der Waals surface area contributed by atoms with E-state index in [1.54, 1.807) is 11.8 Å². The van der Waals surface area contributed by atoms with Gasteiger partial charge in [-0.25, -0.2) is 0 Å². The molecule has 122 valence electrons. The van der Waals surface area contributed by atoms with E-state index >= 15 is 0 Å². The van der Waals surface area contributed by atoms with E-state index in [1.807, 2.05) is 6.26 Å². The third-order valence-electron chi connectivity index (χ3n) is 4.46. The van der Waals surface area contributed by atoms with Crippen LogP contribution >= 0.6 is 11.8 Å². The van der Waals surface area contributed by atoms with Gasteiger partial charge in [0.05, 0.1) is 6.04 Å². The number of hydrogen-bond donors (Lipinski definition) is 1. The first kappa shape index (κ1) is 17.1. The van der Waals surface area contributed by atoms with E-state index in [1.165, 1.54) is 6.92 Å². The minimum atomic E-state index is -0.673. The topological polar surface area (TPSA) is 74.7 Å². The zero-order valence-electron chi connectivity index (χ0n) is 13.1. The first-order valence-electron chi connectivity index (χ1n) is 7.79. The Kier molecular flexibility index (Phi) is 5.67. The molecule has 0 radical (unpaired) electrons. The summed E-state index contributed by atoms with van der Waals surface area (Å²) in [5.41, 5.74) is -0.213. The van der Waals surface area contributed by atoms with Crippen molar-refractivity contribution in [2.24, 2.45) is 5.92 Å². The molecule has 2 amide bonds. The molecule has 1 atom stereocenters. The zero-order valence-corrected chi connectivity index (χ0v) is 13.9. The fourth-order valence-corrected chi connectivity index (χ4v) is 3.75. The lowest BCUT2D eigenvalue weighted by Gasteiger charge is -2.29. The minimum Gasteiger partial charge on any atom is -0.509 e. The van der Waals surface area contributed by atoms with Crippen LogP contribution in [0.5, 0.6) is 0 Å². The van der Waals surface area contributed by atoms with Gasteiger partial charge in [-0.1, -0.05) is 19.3 Å². The molecule has 2 aliphatic rings. The molecular formula is C16H23NO4S. The molecule has 22 heavy (non-hydrogen) atoms. The lowest BCUT2D eigenvalue weighted by atomic mass is 9.88. The van der Waals surface area contributed by atoms with Gasteiger partial charge in [-0.15, -0.1) is 0 Å². The highest BCUT2D eigenvalue weighted by Gasteiger charge is 2.46. The van der Waals surface area contributed by atoms with E-state index in [0.29, 0.717) is 12.2 Å². The predicted molar refractivity (Wildman–Crippen MR) is 85.6 cm³/mol. The fourth-order valence-electron chi connectivity index (χ4n) is 3.29. The minimum absolute atomic E-state index is 0.159. The van der Waals surface area contributed by atoms with Crippen LogP contribution in [0, 0.1) is 5.92 Å². The van der Waals surface area contributed by atoms with Crippen LogP contribution in [0.3, 0.4) is 0 Å². The number of aliphatic hydroxyl groups is 1. The second-order valence-corrected chi connectivity index (χ2v) is 6.95. The predicted octanol–water partition coefficient (Wildman–Crippen LogP) is 2.46. The van der Waals surface area contributed by atoms with E-state index in [-0.39, 0.29) is 23.2 Å². The molecule has 0 saturated heterocycles. The Morgan fingerprint density at radius 2 is 1.91 bits per heavy atom. The summed E-state index contributed by atoms with van der Waals surface area (Å²) in [4.78, 5) is 38.0. The Labute approximate surface area is 135 Å². The molecule has 2 rings (SSSR count). The largest absolute Gasteiger partial charge is 0.509 e. The van der Waals surface area contributed by atoms with Crippen LogP contribution in [0.1, 0.15) is 45.4 Å². The molecule has 0 bridgehead atoms. The number of hydrogen-bond acceptors (Lipinski definition) is 5. The van der Waals surface area contributed by atoms with Gasteiger partial charge in [0.2, 0.25) is 5.91 Å². The molecule has 0 aromatic heterocycles. The molecule has 1 fully saturated rings. The van der Waals surface area contributed by atoms with Gasteiger partial charge in [0, 0.05) is 5.92 Å². The summed E-state index contributed by atoms with van der Waals surface area (Å²) in [6, 6.07) is -0.673. The molecule has 0 spiro atoms. The molecule has 6 heteroatoms. The number of carbonyl (C=O) groups is 3. The Morgan fingerprint density at radius 1 is 1.27 bits per heavy atom. The molecule has 1 saturated carbocycles. The van der Waals surface area contributed by atoms with Gasteiger partial charge in [-0.05, 0) is 38.2 Å². The van der Waals surface area contributed by atoms with Crippen LogP contribution in [0.15, 0.2) is 11.3 Å². The highest BCUT2D eigenvalue weighted by atomic mass is 32.2. The number of amides is 2. The van der Waals surface area contributed by atoms with Crippen LogP contribution in [0.25, 0.3) is 0 Å². The van der Waals surface area contributed by atoms with Gasteiger partial charge < -0.3 is 5.11 Å². The lowest BCUT2D eigenvalue weighted by Crippen LogP contribution is -2.45. The van der Waals surface area contributed by atoms with Gasteiger partial charge in [-0.2, -0.15) is 11.8 Å². The quantitative estimate of drug-likeness (QED) is 0.621. The summed E-state index contributed by atoms with van der Waals surface area (Å²) in [7, 11) is 0. The molecule has 1 N–H and O–H groups in total. The van der Waals surface area contributed by atoms with Gasteiger partial charge in [-0.3, -0.25) is 19.3 Å². The number of rotatable bonds is 5. The maximum Gasteiger partial charge on any atom is 0.268 e. The normalized spacial score (nSPS) is 23.3. The van der Waals surface area contributed by atoms with Crippen LogP contribution in [0.4, 0.5) is 0 Å². The van der Waals surface area contributed by atoms with Crippen LogP contribution in [-0.4, -0.2) is 45.7 Å². The maximum atomic E-state index is 12.7. The Hall–Kier alpha value is -1.30. The number of thioether (sulfide) groups is 1. The standard InChI is InChI=1S/C16H23NO4S/c1-10(18)13-14(19)12(8-9-22-2)17(16(13)21)15(20)11-6-4-3-5-7-11/h11-12,19H,3-9H2,1-2H3. The summed E-state index contributed by atoms with van der Waals surface area (Å²) in [5, 5.41) is 10.3. The Balaban J connectivity index is 2.25. The SMILES string of the molecule is CSCCC1C(O)=C(C(C)=O)C(=O)N1C(=O)C1CCCCC1. The van der Waals surface area contributed by atoms with Crippen molar-refractivity contribution in [1.82, 2.24) is 4.90 Å². The van der Waals surface area contributed by atoms with Crippen molar-refractivity contribution in [3.8, 4) is 0 Å². The number of ketones is 1. The summed E-state index contributed by atoms with van der Waals surface area (Å²) in [6.07, 6.45) is 7.09. The van der Waals surface area contributed by atoms with Crippen molar-refractivity contribution in [1.29, 1.82) is 0 Å². The fraction of sp³-hybridized carbons (Fsp3) is 0.688. The lowest BCUT2D eigenvalue weighted by molar-refractivity contribution is -0.147. The molecular weight excluding hydrogens is 302 g/mol. The van der Waals surface area contributed by atoms with Gasteiger partial charge >= 0.3 is 0 Å². The maximum absolute atomic E-state index is 12.7. The average molecular weight is 325 g/mol. The number of aliphatic hydroxyl groups excluding tert-OH is 1. The smallest absolute Gasteiger partial charge is 0.268 e. The highest BCUT2D eigenvalue weighted by Crippen LogP contribution is 2.33. The van der Waals surface area contributed by atoms with Crippen LogP contribution in [-0.2, 0) is 14.4 Å². The van der Waals surface area contributed by atoms with Crippen molar-refractivity contribution in [3.63, 3.8) is 0 Å². The molecule has 1 aliphatic heterocycles. The number of Topliss-reactive ketones (excluding diaryl/α,β-unsaturated/α-hetero) is 1. The van der Waals surface area contributed by atoms with E-state index in [0.717, 1.165) is 37.0 Å². The van der Waals surface area contributed by atoms with Crippen molar-refractivity contribution in [2.45, 2.75) is 51.5 Å². The third-order valence-corrected chi connectivity index (χ3v) is 5.10. The van der Waals surface area contributed by atoms with E-state index < -0.39 is 17.7 Å². The second kappa shape index (κ2) is 7.31. The number of carbonyl (C=O) groups excluding carboxylic acids is 3.